The number of ether oxygens (including phenoxy) is 1. The van der Waals surface area contributed by atoms with Crippen LogP contribution < -0.4 is 10.1 Å². The maximum atomic E-state index is 5.42. The Bertz CT molecular complexity index is 273. The zero-order chi connectivity index (χ0) is 9.52. The minimum absolute atomic E-state index is 0.516. The first kappa shape index (κ1) is 9.74. The summed E-state index contributed by atoms with van der Waals surface area (Å²) < 4.78 is 5.42. The molecule has 0 bridgehead atoms. The summed E-state index contributed by atoms with van der Waals surface area (Å²) >= 11 is 0. The molecule has 3 heteroatoms. The average molecular weight is 178 g/mol. The smallest absolute Gasteiger partial charge is 0.142 e. The van der Waals surface area contributed by atoms with E-state index in [1.165, 1.54) is 0 Å². The van der Waals surface area contributed by atoms with Crippen LogP contribution in [0.1, 0.15) is 5.56 Å². The van der Waals surface area contributed by atoms with Crippen molar-refractivity contribution in [3.05, 3.63) is 36.7 Å². The predicted octanol–water partition coefficient (Wildman–Crippen LogP) is 1.37. The number of nitrogens with one attached hydrogen (secondary N) is 1. The van der Waals surface area contributed by atoms with E-state index in [2.05, 4.69) is 16.9 Å². The lowest BCUT2D eigenvalue weighted by Gasteiger charge is -2.08. The van der Waals surface area contributed by atoms with E-state index in [1.54, 1.807) is 18.5 Å². The van der Waals surface area contributed by atoms with Crippen molar-refractivity contribution in [1.82, 2.24) is 10.3 Å². The van der Waals surface area contributed by atoms with Crippen LogP contribution in [0, 0.1) is 0 Å². The molecule has 0 atom stereocenters. The zero-order valence-corrected chi connectivity index (χ0v) is 7.79. The Morgan fingerprint density at radius 2 is 2.54 bits per heavy atom. The molecule has 0 saturated heterocycles. The highest BCUT2D eigenvalue weighted by molar-refractivity contribution is 5.29. The van der Waals surface area contributed by atoms with Gasteiger partial charge in [-0.25, -0.2) is 0 Å². The van der Waals surface area contributed by atoms with Gasteiger partial charge in [-0.3, -0.25) is 4.98 Å². The predicted molar refractivity (Wildman–Crippen MR) is 52.7 cm³/mol. The molecule has 1 N–H and O–H groups in total. The van der Waals surface area contributed by atoms with Gasteiger partial charge in [0.1, 0.15) is 12.4 Å². The molecule has 0 aromatic carbocycles. The SMILES string of the molecule is C=CCOc1cnccc1CNC. The summed E-state index contributed by atoms with van der Waals surface area (Å²) in [6, 6.07) is 1.94. The second-order valence-electron chi connectivity index (χ2n) is 2.61. The summed E-state index contributed by atoms with van der Waals surface area (Å²) in [5, 5.41) is 3.07. The molecule has 0 fully saturated rings. The highest BCUT2D eigenvalue weighted by Crippen LogP contribution is 2.15. The van der Waals surface area contributed by atoms with Crippen LogP contribution in [0.5, 0.6) is 5.75 Å². The molecule has 1 heterocycles. The highest BCUT2D eigenvalue weighted by atomic mass is 16.5. The Hall–Kier alpha value is -1.35. The molecule has 13 heavy (non-hydrogen) atoms. The van der Waals surface area contributed by atoms with Gasteiger partial charge < -0.3 is 10.1 Å². The summed E-state index contributed by atoms with van der Waals surface area (Å²) in [5.41, 5.74) is 1.11. The molecule has 70 valence electrons. The minimum atomic E-state index is 0.516. The normalized spacial score (nSPS) is 9.62. The van der Waals surface area contributed by atoms with Crippen LogP contribution in [0.15, 0.2) is 31.1 Å². The second-order valence-corrected chi connectivity index (χ2v) is 2.61. The zero-order valence-electron chi connectivity index (χ0n) is 7.79. The Morgan fingerprint density at radius 1 is 1.69 bits per heavy atom. The molecular formula is C10H14N2O. The van der Waals surface area contributed by atoms with Crippen molar-refractivity contribution in [2.45, 2.75) is 6.54 Å². The molecule has 1 aromatic heterocycles. The van der Waals surface area contributed by atoms with E-state index in [-0.39, 0.29) is 0 Å². The molecule has 0 radical (unpaired) electrons. The van der Waals surface area contributed by atoms with Crippen LogP contribution in [-0.2, 0) is 6.54 Å². The third-order valence-corrected chi connectivity index (χ3v) is 1.59. The van der Waals surface area contributed by atoms with Crippen LogP contribution in [0.4, 0.5) is 0 Å². The summed E-state index contributed by atoms with van der Waals surface area (Å²) in [4.78, 5) is 3.99. The van der Waals surface area contributed by atoms with Gasteiger partial charge in [0.05, 0.1) is 6.20 Å². The quantitative estimate of drug-likeness (QED) is 0.691. The Morgan fingerprint density at radius 3 is 3.23 bits per heavy atom. The number of nitrogens with zero attached hydrogens (tertiary/aromatic N) is 1. The minimum Gasteiger partial charge on any atom is -0.488 e. The molecule has 0 aliphatic rings. The lowest BCUT2D eigenvalue weighted by molar-refractivity contribution is 0.356. The van der Waals surface area contributed by atoms with Gasteiger partial charge in [-0.05, 0) is 13.1 Å². The van der Waals surface area contributed by atoms with Crippen molar-refractivity contribution in [2.75, 3.05) is 13.7 Å². The first-order valence-electron chi connectivity index (χ1n) is 4.19. The van der Waals surface area contributed by atoms with E-state index >= 15 is 0 Å². The molecule has 3 nitrogen and oxygen atoms in total. The van der Waals surface area contributed by atoms with Gasteiger partial charge in [0.2, 0.25) is 0 Å². The van der Waals surface area contributed by atoms with Crippen molar-refractivity contribution < 1.29 is 4.74 Å². The van der Waals surface area contributed by atoms with Crippen LogP contribution in [-0.4, -0.2) is 18.6 Å². The van der Waals surface area contributed by atoms with Crippen LogP contribution in [0.25, 0.3) is 0 Å². The lowest BCUT2D eigenvalue weighted by atomic mass is 10.2. The first-order chi connectivity index (χ1) is 6.38. The summed E-state index contributed by atoms with van der Waals surface area (Å²) in [5.74, 6) is 0.816. The van der Waals surface area contributed by atoms with E-state index in [1.807, 2.05) is 13.1 Å². The molecule has 0 unspecified atom stereocenters. The standard InChI is InChI=1S/C10H14N2O/c1-3-6-13-10-8-12-5-4-9(10)7-11-2/h3-5,8,11H,1,6-7H2,2H3. The van der Waals surface area contributed by atoms with Gasteiger partial charge in [-0.15, -0.1) is 0 Å². The van der Waals surface area contributed by atoms with E-state index in [9.17, 15) is 0 Å². The van der Waals surface area contributed by atoms with Gasteiger partial charge >= 0.3 is 0 Å². The van der Waals surface area contributed by atoms with Crippen LogP contribution in [0.2, 0.25) is 0 Å². The van der Waals surface area contributed by atoms with Gasteiger partial charge in [-0.1, -0.05) is 12.7 Å². The van der Waals surface area contributed by atoms with Gasteiger partial charge in [-0.2, -0.15) is 0 Å². The van der Waals surface area contributed by atoms with E-state index < -0.39 is 0 Å². The van der Waals surface area contributed by atoms with Crippen LogP contribution in [0.3, 0.4) is 0 Å². The number of pyridine rings is 1. The van der Waals surface area contributed by atoms with Gasteiger partial charge in [0.15, 0.2) is 0 Å². The topological polar surface area (TPSA) is 34.1 Å². The molecule has 0 saturated carbocycles. The fourth-order valence-corrected chi connectivity index (χ4v) is 1.02. The highest BCUT2D eigenvalue weighted by Gasteiger charge is 2.00. The number of hydrogen-bond acceptors (Lipinski definition) is 3. The largest absolute Gasteiger partial charge is 0.488 e. The van der Waals surface area contributed by atoms with Crippen molar-refractivity contribution >= 4 is 0 Å². The van der Waals surface area contributed by atoms with E-state index in [4.69, 9.17) is 4.74 Å². The third kappa shape index (κ3) is 2.87. The molecule has 0 spiro atoms. The van der Waals surface area contributed by atoms with Gasteiger partial charge in [0.25, 0.3) is 0 Å². The summed E-state index contributed by atoms with van der Waals surface area (Å²) in [6.07, 6.45) is 5.19. The molecule has 1 rings (SSSR count). The van der Waals surface area contributed by atoms with Crippen molar-refractivity contribution in [3.63, 3.8) is 0 Å². The lowest BCUT2D eigenvalue weighted by Crippen LogP contribution is -2.07. The maximum absolute atomic E-state index is 5.42. The van der Waals surface area contributed by atoms with Crippen molar-refractivity contribution in [3.8, 4) is 5.75 Å². The van der Waals surface area contributed by atoms with E-state index in [0.717, 1.165) is 17.9 Å². The monoisotopic (exact) mass is 178 g/mol. The fourth-order valence-electron chi connectivity index (χ4n) is 1.02. The number of rotatable bonds is 5. The number of aromatic nitrogens is 1. The first-order valence-corrected chi connectivity index (χ1v) is 4.19. The van der Waals surface area contributed by atoms with E-state index in [0.29, 0.717) is 6.61 Å². The Balaban J connectivity index is 2.71. The summed E-state index contributed by atoms with van der Waals surface area (Å²) in [7, 11) is 1.90. The van der Waals surface area contributed by atoms with Crippen molar-refractivity contribution in [2.24, 2.45) is 0 Å². The number of hydrogen-bond donors (Lipinski definition) is 1. The molecular weight excluding hydrogens is 164 g/mol. The maximum Gasteiger partial charge on any atom is 0.142 e. The van der Waals surface area contributed by atoms with Crippen molar-refractivity contribution in [1.29, 1.82) is 0 Å². The third-order valence-electron chi connectivity index (χ3n) is 1.59. The second kappa shape index (κ2) is 5.32. The molecule has 0 aliphatic heterocycles. The Kier molecular flexibility index (Phi) is 3.99. The average Bonchev–Trinajstić information content (AvgIpc) is 2.17. The summed E-state index contributed by atoms with van der Waals surface area (Å²) in [6.45, 7) is 4.89. The Labute approximate surface area is 78.4 Å². The van der Waals surface area contributed by atoms with Crippen LogP contribution >= 0.6 is 0 Å². The molecule has 1 aromatic rings. The fraction of sp³-hybridized carbons (Fsp3) is 0.300. The molecule has 0 aliphatic carbocycles. The molecule has 0 amide bonds. The van der Waals surface area contributed by atoms with Gasteiger partial charge in [0, 0.05) is 18.3 Å².